The van der Waals surface area contributed by atoms with E-state index < -0.39 is 0 Å². The summed E-state index contributed by atoms with van der Waals surface area (Å²) in [6.45, 7) is 2.15. The van der Waals surface area contributed by atoms with Gasteiger partial charge in [-0.25, -0.2) is 0 Å². The van der Waals surface area contributed by atoms with Crippen LogP contribution in [0.1, 0.15) is 36.0 Å². The lowest BCUT2D eigenvalue weighted by Crippen LogP contribution is -2.32. The first-order valence-corrected chi connectivity index (χ1v) is 9.13. The molecule has 1 saturated heterocycles. The largest absolute Gasteiger partial charge is 0.347 e. The van der Waals surface area contributed by atoms with Crippen molar-refractivity contribution in [2.75, 3.05) is 26.8 Å². The van der Waals surface area contributed by atoms with Gasteiger partial charge in [-0.15, -0.1) is 0 Å². The molecule has 0 atom stereocenters. The first kappa shape index (κ1) is 16.9. The Hall–Kier alpha value is -0.920. The topological polar surface area (TPSA) is 38.8 Å². The van der Waals surface area contributed by atoms with E-state index >= 15 is 0 Å². The Kier molecular flexibility index (Phi) is 5.38. The summed E-state index contributed by atoms with van der Waals surface area (Å²) in [5, 5.41) is 0. The maximum Gasteiger partial charge on any atom is 0.254 e. The van der Waals surface area contributed by atoms with Crippen LogP contribution in [0.4, 0.5) is 0 Å². The minimum absolute atomic E-state index is 0.0883. The fraction of sp³-hybridized carbons (Fsp3) is 0.500. The summed E-state index contributed by atoms with van der Waals surface area (Å²) in [7, 11) is 1.87. The molecule has 4 nitrogen and oxygen atoms in total. The third-order valence-electron chi connectivity index (χ3n) is 4.56. The Morgan fingerprint density at radius 2 is 2.04 bits per heavy atom. The molecule has 1 spiro atoms. The molecule has 1 aromatic rings. The lowest BCUT2D eigenvalue weighted by molar-refractivity contribution is -0.161. The van der Waals surface area contributed by atoms with Gasteiger partial charge in [-0.3, -0.25) is 4.79 Å². The van der Waals surface area contributed by atoms with E-state index in [9.17, 15) is 4.79 Å². The van der Waals surface area contributed by atoms with Crippen molar-refractivity contribution < 1.29 is 14.3 Å². The van der Waals surface area contributed by atoms with Crippen molar-refractivity contribution in [1.29, 1.82) is 0 Å². The van der Waals surface area contributed by atoms with E-state index in [0.29, 0.717) is 13.2 Å². The number of amides is 1. The SMILES string of the molecule is CN(CCC1=CCC2(CC1)OCCO2)C(=O)c1ccccc1I. The van der Waals surface area contributed by atoms with Crippen molar-refractivity contribution >= 4 is 28.5 Å². The third-order valence-corrected chi connectivity index (χ3v) is 5.50. The molecule has 0 saturated carbocycles. The van der Waals surface area contributed by atoms with Crippen molar-refractivity contribution in [3.8, 4) is 0 Å². The molecule has 5 heteroatoms. The molecule has 0 radical (unpaired) electrons. The van der Waals surface area contributed by atoms with Crippen LogP contribution in [-0.4, -0.2) is 43.4 Å². The van der Waals surface area contributed by atoms with Gasteiger partial charge in [0.15, 0.2) is 5.79 Å². The zero-order valence-electron chi connectivity index (χ0n) is 13.4. The molecule has 1 fully saturated rings. The summed E-state index contributed by atoms with van der Waals surface area (Å²) in [6.07, 6.45) is 5.90. The van der Waals surface area contributed by atoms with Gasteiger partial charge in [0.2, 0.25) is 0 Å². The number of carbonyl (C=O) groups excluding carboxylic acids is 1. The third kappa shape index (κ3) is 3.95. The number of benzene rings is 1. The van der Waals surface area contributed by atoms with Gasteiger partial charge >= 0.3 is 0 Å². The molecule has 0 N–H and O–H groups in total. The fourth-order valence-corrected chi connectivity index (χ4v) is 3.71. The molecule has 1 aliphatic carbocycles. The van der Waals surface area contributed by atoms with Crippen molar-refractivity contribution in [3.63, 3.8) is 0 Å². The van der Waals surface area contributed by atoms with Crippen LogP contribution in [0.5, 0.6) is 0 Å². The van der Waals surface area contributed by atoms with Crippen LogP contribution in [0, 0.1) is 3.57 Å². The molecule has 1 aliphatic heterocycles. The van der Waals surface area contributed by atoms with E-state index in [4.69, 9.17) is 9.47 Å². The van der Waals surface area contributed by atoms with Gasteiger partial charge in [0, 0.05) is 30.0 Å². The first-order valence-electron chi connectivity index (χ1n) is 8.05. The van der Waals surface area contributed by atoms with Gasteiger partial charge < -0.3 is 14.4 Å². The molecule has 124 valence electrons. The number of rotatable bonds is 4. The average Bonchev–Trinajstić information content (AvgIpc) is 3.02. The number of halogens is 1. The molecule has 0 unspecified atom stereocenters. The Bertz CT molecular complexity index is 608. The maximum atomic E-state index is 12.5. The molecule has 23 heavy (non-hydrogen) atoms. The summed E-state index contributed by atoms with van der Waals surface area (Å²) >= 11 is 2.21. The van der Waals surface area contributed by atoms with Crippen molar-refractivity contribution in [2.45, 2.75) is 31.5 Å². The second-order valence-corrected chi connectivity index (χ2v) is 7.29. The van der Waals surface area contributed by atoms with Crippen LogP contribution >= 0.6 is 22.6 Å². The quantitative estimate of drug-likeness (QED) is 0.545. The van der Waals surface area contributed by atoms with E-state index in [1.54, 1.807) is 0 Å². The Morgan fingerprint density at radius 1 is 1.30 bits per heavy atom. The van der Waals surface area contributed by atoms with E-state index in [0.717, 1.165) is 41.4 Å². The number of hydrogen-bond acceptors (Lipinski definition) is 3. The summed E-state index contributed by atoms with van der Waals surface area (Å²) in [6, 6.07) is 7.72. The van der Waals surface area contributed by atoms with Crippen LogP contribution in [0.25, 0.3) is 0 Å². The highest BCUT2D eigenvalue weighted by molar-refractivity contribution is 14.1. The molecule has 0 bridgehead atoms. The summed E-state index contributed by atoms with van der Waals surface area (Å²) in [4.78, 5) is 14.3. The first-order chi connectivity index (χ1) is 11.1. The number of hydrogen-bond donors (Lipinski definition) is 0. The smallest absolute Gasteiger partial charge is 0.254 e. The minimum atomic E-state index is -0.356. The van der Waals surface area contributed by atoms with Crippen LogP contribution in [0.15, 0.2) is 35.9 Å². The summed E-state index contributed by atoms with van der Waals surface area (Å²) in [5.74, 6) is -0.268. The Morgan fingerprint density at radius 3 is 2.70 bits per heavy atom. The van der Waals surface area contributed by atoms with E-state index in [2.05, 4.69) is 28.7 Å². The van der Waals surface area contributed by atoms with Crippen LogP contribution in [0.2, 0.25) is 0 Å². The monoisotopic (exact) mass is 427 g/mol. The molecule has 2 aliphatic rings. The van der Waals surface area contributed by atoms with Crippen molar-refractivity contribution in [2.24, 2.45) is 0 Å². The number of ether oxygens (including phenoxy) is 2. The second kappa shape index (κ2) is 7.32. The lowest BCUT2D eigenvalue weighted by atomic mass is 9.92. The highest BCUT2D eigenvalue weighted by Gasteiger charge is 2.37. The fourth-order valence-electron chi connectivity index (χ4n) is 3.09. The molecule has 1 heterocycles. The molecule has 0 aromatic heterocycles. The zero-order chi connectivity index (χ0) is 16.3. The number of nitrogens with zero attached hydrogens (tertiary/aromatic N) is 1. The van der Waals surface area contributed by atoms with Gasteiger partial charge in [-0.05, 0) is 47.6 Å². The average molecular weight is 427 g/mol. The van der Waals surface area contributed by atoms with Crippen molar-refractivity contribution in [1.82, 2.24) is 4.90 Å². The predicted octanol–water partition coefficient (Wildman–Crippen LogP) is 3.61. The standard InChI is InChI=1S/C18H22INO3/c1-20(17(21)15-4-2-3-5-16(15)19)11-8-14-6-9-18(10-7-14)22-12-13-23-18/h2-6H,7-13H2,1H3. The minimum Gasteiger partial charge on any atom is -0.347 e. The van der Waals surface area contributed by atoms with Crippen molar-refractivity contribution in [3.05, 3.63) is 45.0 Å². The molecule has 1 amide bonds. The van der Waals surface area contributed by atoms with Crippen LogP contribution in [-0.2, 0) is 9.47 Å². The highest BCUT2D eigenvalue weighted by atomic mass is 127. The van der Waals surface area contributed by atoms with E-state index in [-0.39, 0.29) is 11.7 Å². The predicted molar refractivity (Wildman–Crippen MR) is 97.3 cm³/mol. The van der Waals surface area contributed by atoms with Gasteiger partial charge in [0.25, 0.3) is 5.91 Å². The van der Waals surface area contributed by atoms with Gasteiger partial charge in [-0.2, -0.15) is 0 Å². The maximum absolute atomic E-state index is 12.5. The van der Waals surface area contributed by atoms with Gasteiger partial charge in [0.1, 0.15) is 0 Å². The van der Waals surface area contributed by atoms with Gasteiger partial charge in [0.05, 0.1) is 18.8 Å². The van der Waals surface area contributed by atoms with Gasteiger partial charge in [-0.1, -0.05) is 23.8 Å². The molecular weight excluding hydrogens is 405 g/mol. The van der Waals surface area contributed by atoms with E-state index in [1.807, 2.05) is 36.2 Å². The zero-order valence-corrected chi connectivity index (χ0v) is 15.5. The Labute approximate surface area is 151 Å². The van der Waals surface area contributed by atoms with Crippen LogP contribution < -0.4 is 0 Å². The second-order valence-electron chi connectivity index (χ2n) is 6.13. The summed E-state index contributed by atoms with van der Waals surface area (Å²) in [5.41, 5.74) is 2.18. The summed E-state index contributed by atoms with van der Waals surface area (Å²) < 4.78 is 12.5. The highest BCUT2D eigenvalue weighted by Crippen LogP contribution is 2.35. The normalized spacial score (nSPS) is 19.7. The molecule has 3 rings (SSSR count). The molecular formula is C18H22INO3. The Balaban J connectivity index is 1.53. The molecule has 1 aromatic carbocycles. The van der Waals surface area contributed by atoms with E-state index in [1.165, 1.54) is 5.57 Å². The lowest BCUT2D eigenvalue weighted by Gasteiger charge is -2.31. The number of carbonyl (C=O) groups is 1. The van der Waals surface area contributed by atoms with Crippen LogP contribution in [0.3, 0.4) is 0 Å².